The molecule has 0 radical (unpaired) electrons. The molecule has 6 heteroatoms. The third kappa shape index (κ3) is 4.97. The first kappa shape index (κ1) is 18.8. The number of hydrogen-bond donors (Lipinski definition) is 0. The zero-order chi connectivity index (χ0) is 17.7. The predicted octanol–water partition coefficient (Wildman–Crippen LogP) is 2.66. The molecule has 0 aliphatic carbocycles. The SMILES string of the molecule is CCc1ccc(N(CCC(=O)N2CCC(C)CC2)S(C)(=O)=O)cc1. The maximum absolute atomic E-state index is 12.4. The number of carbonyl (C=O) groups is 1. The number of anilines is 1. The molecule has 0 saturated carbocycles. The van der Waals surface area contributed by atoms with Crippen molar-refractivity contribution in [2.24, 2.45) is 5.92 Å². The van der Waals surface area contributed by atoms with Gasteiger partial charge in [-0.25, -0.2) is 8.42 Å². The molecule has 1 fully saturated rings. The van der Waals surface area contributed by atoms with Crippen LogP contribution in [0.15, 0.2) is 24.3 Å². The molecule has 0 aromatic heterocycles. The molecule has 1 aromatic carbocycles. The largest absolute Gasteiger partial charge is 0.343 e. The monoisotopic (exact) mass is 352 g/mol. The van der Waals surface area contributed by atoms with Crippen molar-refractivity contribution < 1.29 is 13.2 Å². The number of sulfonamides is 1. The molecule has 2 rings (SSSR count). The van der Waals surface area contributed by atoms with E-state index in [1.54, 1.807) is 0 Å². The highest BCUT2D eigenvalue weighted by Gasteiger charge is 2.23. The summed E-state index contributed by atoms with van der Waals surface area (Å²) in [5, 5.41) is 0. The lowest BCUT2D eigenvalue weighted by molar-refractivity contribution is -0.132. The first-order valence-electron chi connectivity index (χ1n) is 8.65. The Balaban J connectivity index is 2.02. The number of amides is 1. The number of piperidine rings is 1. The van der Waals surface area contributed by atoms with Crippen molar-refractivity contribution in [2.75, 3.05) is 30.2 Å². The van der Waals surface area contributed by atoms with Crippen LogP contribution in [-0.2, 0) is 21.2 Å². The van der Waals surface area contributed by atoms with Crippen LogP contribution in [0, 0.1) is 5.92 Å². The fourth-order valence-corrected chi connectivity index (χ4v) is 3.93. The van der Waals surface area contributed by atoms with Crippen LogP contribution in [-0.4, -0.2) is 45.1 Å². The smallest absolute Gasteiger partial charge is 0.232 e. The topological polar surface area (TPSA) is 57.7 Å². The molecule has 0 atom stereocenters. The molecule has 1 aliphatic heterocycles. The van der Waals surface area contributed by atoms with Crippen LogP contribution in [0.25, 0.3) is 0 Å². The van der Waals surface area contributed by atoms with Crippen LogP contribution >= 0.6 is 0 Å². The van der Waals surface area contributed by atoms with Gasteiger partial charge in [0.1, 0.15) is 0 Å². The van der Waals surface area contributed by atoms with E-state index in [9.17, 15) is 13.2 Å². The second-order valence-electron chi connectivity index (χ2n) is 6.67. The van der Waals surface area contributed by atoms with E-state index in [2.05, 4.69) is 13.8 Å². The summed E-state index contributed by atoms with van der Waals surface area (Å²) in [6.07, 6.45) is 4.37. The normalized spacial score (nSPS) is 16.2. The molecule has 0 N–H and O–H groups in total. The molecule has 1 aliphatic rings. The molecule has 5 nitrogen and oxygen atoms in total. The van der Waals surface area contributed by atoms with E-state index in [1.165, 1.54) is 10.6 Å². The van der Waals surface area contributed by atoms with Gasteiger partial charge in [-0.15, -0.1) is 0 Å². The molecule has 1 heterocycles. The number of aryl methyl sites for hydroxylation is 1. The van der Waals surface area contributed by atoms with Gasteiger partial charge >= 0.3 is 0 Å². The first-order valence-corrected chi connectivity index (χ1v) is 10.5. The van der Waals surface area contributed by atoms with Gasteiger partial charge in [0.25, 0.3) is 0 Å². The van der Waals surface area contributed by atoms with Crippen molar-refractivity contribution >= 4 is 21.6 Å². The molecule has 1 amide bonds. The standard InChI is InChI=1S/C18H28N2O3S/c1-4-16-5-7-17(8-6-16)20(24(3,22)23)14-11-18(21)19-12-9-15(2)10-13-19/h5-8,15H,4,9-14H2,1-3H3. The van der Waals surface area contributed by atoms with Gasteiger partial charge in [0.15, 0.2) is 0 Å². The average molecular weight is 352 g/mol. The Kier molecular flexibility index (Phi) is 6.27. The van der Waals surface area contributed by atoms with Gasteiger partial charge in [-0.05, 0) is 42.9 Å². The maximum Gasteiger partial charge on any atom is 0.232 e. The third-order valence-electron chi connectivity index (χ3n) is 4.70. The molecule has 1 saturated heterocycles. The van der Waals surface area contributed by atoms with Gasteiger partial charge in [0.05, 0.1) is 11.9 Å². The highest BCUT2D eigenvalue weighted by Crippen LogP contribution is 2.20. The zero-order valence-corrected chi connectivity index (χ0v) is 15.7. The van der Waals surface area contributed by atoms with Gasteiger partial charge in [0, 0.05) is 26.1 Å². The Morgan fingerprint density at radius 3 is 2.29 bits per heavy atom. The molecule has 134 valence electrons. The van der Waals surface area contributed by atoms with Gasteiger partial charge in [-0.3, -0.25) is 9.10 Å². The Morgan fingerprint density at radius 2 is 1.79 bits per heavy atom. The van der Waals surface area contributed by atoms with E-state index in [-0.39, 0.29) is 18.9 Å². The van der Waals surface area contributed by atoms with Crippen molar-refractivity contribution in [1.29, 1.82) is 0 Å². The molecule has 24 heavy (non-hydrogen) atoms. The number of carbonyl (C=O) groups excluding carboxylic acids is 1. The third-order valence-corrected chi connectivity index (χ3v) is 5.89. The molecule has 0 spiro atoms. The van der Waals surface area contributed by atoms with Crippen molar-refractivity contribution in [3.63, 3.8) is 0 Å². The molecule has 0 bridgehead atoms. The van der Waals surface area contributed by atoms with Crippen LogP contribution in [0.5, 0.6) is 0 Å². The van der Waals surface area contributed by atoms with Crippen LogP contribution in [0.4, 0.5) is 5.69 Å². The molecular formula is C18H28N2O3S. The fraction of sp³-hybridized carbons (Fsp3) is 0.611. The summed E-state index contributed by atoms with van der Waals surface area (Å²) in [5.74, 6) is 0.708. The number of likely N-dealkylation sites (tertiary alicyclic amines) is 1. The number of benzene rings is 1. The van der Waals surface area contributed by atoms with Crippen LogP contribution in [0.2, 0.25) is 0 Å². The van der Waals surface area contributed by atoms with E-state index in [0.29, 0.717) is 11.6 Å². The molecular weight excluding hydrogens is 324 g/mol. The van der Waals surface area contributed by atoms with E-state index in [1.807, 2.05) is 29.2 Å². The van der Waals surface area contributed by atoms with E-state index in [0.717, 1.165) is 37.9 Å². The van der Waals surface area contributed by atoms with Crippen LogP contribution in [0.1, 0.15) is 38.7 Å². The van der Waals surface area contributed by atoms with Crippen molar-refractivity contribution in [3.8, 4) is 0 Å². The van der Waals surface area contributed by atoms with E-state index >= 15 is 0 Å². The lowest BCUT2D eigenvalue weighted by atomic mass is 9.99. The first-order chi connectivity index (χ1) is 11.3. The van der Waals surface area contributed by atoms with Gasteiger partial charge in [-0.2, -0.15) is 0 Å². The Labute approximate surface area is 145 Å². The predicted molar refractivity (Wildman–Crippen MR) is 97.6 cm³/mol. The Bertz CT molecular complexity index is 647. The summed E-state index contributed by atoms with van der Waals surface area (Å²) in [4.78, 5) is 14.2. The van der Waals surface area contributed by atoms with Crippen molar-refractivity contribution in [3.05, 3.63) is 29.8 Å². The van der Waals surface area contributed by atoms with Crippen LogP contribution < -0.4 is 4.31 Å². The second-order valence-corrected chi connectivity index (χ2v) is 8.58. The summed E-state index contributed by atoms with van der Waals surface area (Å²) in [7, 11) is -3.41. The lowest BCUT2D eigenvalue weighted by Crippen LogP contribution is -2.40. The summed E-state index contributed by atoms with van der Waals surface area (Å²) in [5.41, 5.74) is 1.78. The summed E-state index contributed by atoms with van der Waals surface area (Å²) >= 11 is 0. The minimum atomic E-state index is -3.41. The summed E-state index contributed by atoms with van der Waals surface area (Å²) < 4.78 is 25.6. The highest BCUT2D eigenvalue weighted by atomic mass is 32.2. The Morgan fingerprint density at radius 1 is 1.21 bits per heavy atom. The van der Waals surface area contributed by atoms with Crippen molar-refractivity contribution in [1.82, 2.24) is 4.90 Å². The van der Waals surface area contributed by atoms with Gasteiger partial charge in [-0.1, -0.05) is 26.0 Å². The number of rotatable bonds is 6. The number of hydrogen-bond acceptors (Lipinski definition) is 3. The minimum absolute atomic E-state index is 0.0423. The second kappa shape index (κ2) is 8.01. The minimum Gasteiger partial charge on any atom is -0.343 e. The lowest BCUT2D eigenvalue weighted by Gasteiger charge is -2.31. The number of nitrogens with zero attached hydrogens (tertiary/aromatic N) is 2. The van der Waals surface area contributed by atoms with Gasteiger partial charge < -0.3 is 4.90 Å². The van der Waals surface area contributed by atoms with Crippen molar-refractivity contribution in [2.45, 2.75) is 39.5 Å². The fourth-order valence-electron chi connectivity index (χ4n) is 3.00. The molecule has 0 unspecified atom stereocenters. The van der Waals surface area contributed by atoms with Crippen LogP contribution in [0.3, 0.4) is 0 Å². The quantitative estimate of drug-likeness (QED) is 0.791. The Hall–Kier alpha value is -1.56. The summed E-state index contributed by atoms with van der Waals surface area (Å²) in [6, 6.07) is 7.49. The summed E-state index contributed by atoms with van der Waals surface area (Å²) in [6.45, 7) is 6.01. The maximum atomic E-state index is 12.4. The van der Waals surface area contributed by atoms with E-state index < -0.39 is 10.0 Å². The van der Waals surface area contributed by atoms with Gasteiger partial charge in [0.2, 0.25) is 15.9 Å². The molecule has 1 aromatic rings. The zero-order valence-electron chi connectivity index (χ0n) is 14.9. The average Bonchev–Trinajstić information content (AvgIpc) is 2.55. The highest BCUT2D eigenvalue weighted by molar-refractivity contribution is 7.92. The van der Waals surface area contributed by atoms with E-state index in [4.69, 9.17) is 0 Å².